The fourth-order valence-corrected chi connectivity index (χ4v) is 3.82. The molecule has 0 aliphatic rings. The summed E-state index contributed by atoms with van der Waals surface area (Å²) in [6, 6.07) is 17.3. The molecule has 2 aromatic carbocycles. The number of carbonyl (C=O) groups excluding carboxylic acids is 1. The summed E-state index contributed by atoms with van der Waals surface area (Å²) in [6.07, 6.45) is 0. The van der Waals surface area contributed by atoms with Crippen LogP contribution in [0.3, 0.4) is 0 Å². The molecule has 3 rings (SSSR count). The largest absolute Gasteiger partial charge is 0.461 e. The number of aromatic nitrogens is 1. The first-order chi connectivity index (χ1) is 11.8. The average molecular weight is 357 g/mol. The summed E-state index contributed by atoms with van der Waals surface area (Å²) in [5.41, 5.74) is 4.58. The van der Waals surface area contributed by atoms with E-state index in [4.69, 9.17) is 4.74 Å². The molecule has 0 amide bonds. The van der Waals surface area contributed by atoms with Crippen LogP contribution >= 0.6 is 23.1 Å². The zero-order valence-corrected chi connectivity index (χ0v) is 14.6. The van der Waals surface area contributed by atoms with Crippen molar-refractivity contribution >= 4 is 50.0 Å². The number of anilines is 1. The lowest BCUT2D eigenvalue weighted by molar-refractivity contribution is -0.134. The van der Waals surface area contributed by atoms with Crippen LogP contribution in [-0.4, -0.2) is 22.6 Å². The number of hydrazone groups is 1. The number of thioether (sulfide) groups is 1. The van der Waals surface area contributed by atoms with E-state index in [1.807, 2.05) is 54.6 Å². The summed E-state index contributed by atoms with van der Waals surface area (Å²) in [5, 5.41) is 4.42. The number of carbonyl (C=O) groups is 1. The Morgan fingerprint density at radius 2 is 1.96 bits per heavy atom. The second-order valence-corrected chi connectivity index (χ2v) is 6.93. The highest BCUT2D eigenvalue weighted by Gasteiger charge is 2.17. The Balaban J connectivity index is 1.82. The van der Waals surface area contributed by atoms with Gasteiger partial charge in [-0.3, -0.25) is 5.43 Å². The van der Waals surface area contributed by atoms with Gasteiger partial charge in [0.1, 0.15) is 0 Å². The van der Waals surface area contributed by atoms with Crippen LogP contribution in [0.1, 0.15) is 6.92 Å². The van der Waals surface area contributed by atoms with Gasteiger partial charge >= 0.3 is 5.97 Å². The summed E-state index contributed by atoms with van der Waals surface area (Å²) in [4.78, 5) is 16.7. The molecule has 1 N–H and O–H groups in total. The Bertz CT molecular complexity index is 829. The van der Waals surface area contributed by atoms with E-state index in [1.54, 1.807) is 6.92 Å². The summed E-state index contributed by atoms with van der Waals surface area (Å²) in [5.74, 6) is -0.467. The van der Waals surface area contributed by atoms with E-state index in [2.05, 4.69) is 15.5 Å². The molecule has 122 valence electrons. The van der Waals surface area contributed by atoms with Gasteiger partial charge in [-0.1, -0.05) is 30.3 Å². The molecule has 1 aromatic heterocycles. The summed E-state index contributed by atoms with van der Waals surface area (Å²) >= 11 is 2.72. The molecule has 1 heterocycles. The van der Waals surface area contributed by atoms with E-state index in [1.165, 1.54) is 23.1 Å². The van der Waals surface area contributed by atoms with E-state index in [0.29, 0.717) is 6.61 Å². The quantitative estimate of drug-likeness (QED) is 0.247. The van der Waals surface area contributed by atoms with Crippen molar-refractivity contribution in [1.29, 1.82) is 0 Å². The number of ether oxygens (including phenoxy) is 1. The molecule has 0 unspecified atom stereocenters. The molecule has 5 nitrogen and oxygen atoms in total. The molecule has 0 spiro atoms. The summed E-state index contributed by atoms with van der Waals surface area (Å²) in [6.45, 7) is 2.06. The number of hydrogen-bond acceptors (Lipinski definition) is 7. The fraction of sp³-hybridized carbons (Fsp3) is 0.118. The highest BCUT2D eigenvalue weighted by molar-refractivity contribution is 8.17. The Labute approximate surface area is 147 Å². The number of nitrogens with one attached hydrogen (secondary N) is 1. The Hall–Kier alpha value is -2.38. The van der Waals surface area contributed by atoms with Gasteiger partial charge < -0.3 is 4.74 Å². The van der Waals surface area contributed by atoms with E-state index < -0.39 is 5.97 Å². The third-order valence-corrected chi connectivity index (χ3v) is 5.02. The Morgan fingerprint density at radius 3 is 2.71 bits per heavy atom. The van der Waals surface area contributed by atoms with Gasteiger partial charge in [0.25, 0.3) is 0 Å². The minimum Gasteiger partial charge on any atom is -0.461 e. The van der Waals surface area contributed by atoms with E-state index in [0.717, 1.165) is 20.2 Å². The number of para-hydroxylation sites is 2. The first-order valence-electron chi connectivity index (χ1n) is 7.35. The van der Waals surface area contributed by atoms with Crippen molar-refractivity contribution in [3.8, 4) is 0 Å². The molecule has 0 aliphatic heterocycles. The molecule has 24 heavy (non-hydrogen) atoms. The smallest absolute Gasteiger partial charge is 0.365 e. The molecule has 0 bridgehead atoms. The van der Waals surface area contributed by atoms with Crippen LogP contribution in [-0.2, 0) is 9.53 Å². The van der Waals surface area contributed by atoms with Gasteiger partial charge in [-0.25, -0.2) is 9.78 Å². The van der Waals surface area contributed by atoms with Crippen molar-refractivity contribution in [1.82, 2.24) is 4.98 Å². The maximum atomic E-state index is 12.1. The topological polar surface area (TPSA) is 63.6 Å². The molecular weight excluding hydrogens is 342 g/mol. The maximum Gasteiger partial charge on any atom is 0.365 e. The minimum atomic E-state index is -0.467. The maximum absolute atomic E-state index is 12.1. The summed E-state index contributed by atoms with van der Waals surface area (Å²) < 4.78 is 6.90. The van der Waals surface area contributed by atoms with Gasteiger partial charge in [-0.05, 0) is 43.0 Å². The number of thiazole rings is 1. The molecule has 0 aliphatic carbocycles. The van der Waals surface area contributed by atoms with Crippen molar-refractivity contribution in [2.75, 3.05) is 12.0 Å². The summed E-state index contributed by atoms with van der Waals surface area (Å²) in [7, 11) is 0. The van der Waals surface area contributed by atoms with Crippen molar-refractivity contribution in [2.24, 2.45) is 5.10 Å². The lowest BCUT2D eigenvalue weighted by Crippen LogP contribution is -2.15. The van der Waals surface area contributed by atoms with Crippen molar-refractivity contribution in [2.45, 2.75) is 11.3 Å². The Kier molecular flexibility index (Phi) is 5.45. The zero-order valence-electron chi connectivity index (χ0n) is 12.9. The molecule has 0 atom stereocenters. The standard InChI is InChI=1S/C17H15N3O2S2/c1-2-22-16(21)15(20-19-12-8-4-3-5-9-12)24-17-18-13-10-6-7-11-14(13)23-17/h3-11,19H,2H2,1H3. The predicted molar refractivity (Wildman–Crippen MR) is 99.6 cm³/mol. The van der Waals surface area contributed by atoms with E-state index >= 15 is 0 Å². The van der Waals surface area contributed by atoms with Gasteiger partial charge in [0.05, 0.1) is 22.5 Å². The average Bonchev–Trinajstić information content (AvgIpc) is 3.02. The van der Waals surface area contributed by atoms with E-state index in [-0.39, 0.29) is 5.04 Å². The first-order valence-corrected chi connectivity index (χ1v) is 8.99. The van der Waals surface area contributed by atoms with Crippen molar-refractivity contribution < 1.29 is 9.53 Å². The van der Waals surface area contributed by atoms with E-state index in [9.17, 15) is 4.79 Å². The number of fused-ring (bicyclic) bond motifs is 1. The normalized spacial score (nSPS) is 11.5. The van der Waals surface area contributed by atoms with Gasteiger partial charge in [-0.2, -0.15) is 5.10 Å². The Morgan fingerprint density at radius 1 is 1.21 bits per heavy atom. The van der Waals surface area contributed by atoms with Crippen molar-refractivity contribution in [3.63, 3.8) is 0 Å². The van der Waals surface area contributed by atoms with Crippen LogP contribution in [0.25, 0.3) is 10.2 Å². The number of rotatable bonds is 4. The third kappa shape index (κ3) is 4.12. The van der Waals surface area contributed by atoms with Crippen LogP contribution in [0.5, 0.6) is 0 Å². The molecule has 3 aromatic rings. The zero-order chi connectivity index (χ0) is 16.8. The van der Waals surface area contributed by atoms with Crippen LogP contribution in [0, 0.1) is 0 Å². The second kappa shape index (κ2) is 7.94. The number of esters is 1. The lowest BCUT2D eigenvalue weighted by atomic mass is 10.3. The van der Waals surface area contributed by atoms with Crippen LogP contribution in [0.2, 0.25) is 0 Å². The van der Waals surface area contributed by atoms with Gasteiger partial charge in [0.15, 0.2) is 4.34 Å². The highest BCUT2D eigenvalue weighted by Crippen LogP contribution is 2.30. The van der Waals surface area contributed by atoms with Crippen LogP contribution in [0.15, 0.2) is 64.0 Å². The molecule has 7 heteroatoms. The third-order valence-electron chi connectivity index (χ3n) is 2.97. The molecular formula is C17H15N3O2S2. The fourth-order valence-electron chi connectivity index (χ4n) is 1.91. The molecule has 0 saturated carbocycles. The van der Waals surface area contributed by atoms with Gasteiger partial charge in [0, 0.05) is 0 Å². The number of benzene rings is 2. The van der Waals surface area contributed by atoms with Crippen LogP contribution < -0.4 is 5.43 Å². The van der Waals surface area contributed by atoms with Gasteiger partial charge in [-0.15, -0.1) is 11.3 Å². The molecule has 0 fully saturated rings. The second-order valence-electron chi connectivity index (χ2n) is 4.66. The molecule has 0 saturated heterocycles. The number of hydrogen-bond donors (Lipinski definition) is 1. The molecule has 0 radical (unpaired) electrons. The first kappa shape index (κ1) is 16.5. The predicted octanol–water partition coefficient (Wildman–Crippen LogP) is 4.38. The SMILES string of the molecule is CCOC(=O)C(=NNc1ccccc1)Sc1nc2ccccc2s1. The monoisotopic (exact) mass is 357 g/mol. The highest BCUT2D eigenvalue weighted by atomic mass is 32.2. The van der Waals surface area contributed by atoms with Crippen molar-refractivity contribution in [3.05, 3.63) is 54.6 Å². The lowest BCUT2D eigenvalue weighted by Gasteiger charge is -2.05. The van der Waals surface area contributed by atoms with Crippen LogP contribution in [0.4, 0.5) is 5.69 Å². The minimum absolute atomic E-state index is 0.222. The van der Waals surface area contributed by atoms with Gasteiger partial charge in [0.2, 0.25) is 5.04 Å². The number of nitrogens with zero attached hydrogens (tertiary/aromatic N) is 2.